The van der Waals surface area contributed by atoms with Crippen LogP contribution in [0.4, 0.5) is 0 Å². The van der Waals surface area contributed by atoms with E-state index in [1.165, 1.54) is 24.1 Å². The summed E-state index contributed by atoms with van der Waals surface area (Å²) in [5.74, 6) is 0.00740. The van der Waals surface area contributed by atoms with Gasteiger partial charge in [-0.2, -0.15) is 0 Å². The van der Waals surface area contributed by atoms with Crippen molar-refractivity contribution in [3.8, 4) is 0 Å². The molecule has 1 heterocycles. The van der Waals surface area contributed by atoms with E-state index in [0.717, 1.165) is 11.2 Å². The van der Waals surface area contributed by atoms with Crippen molar-refractivity contribution in [2.24, 2.45) is 0 Å². The maximum atomic E-state index is 11.3. The third-order valence-corrected chi connectivity index (χ3v) is 4.70. The largest absolute Gasteiger partial charge is 0.478 e. The van der Waals surface area contributed by atoms with Gasteiger partial charge in [0.1, 0.15) is 12.0 Å². The molecule has 0 unspecified atom stereocenters. The van der Waals surface area contributed by atoms with Gasteiger partial charge in [0, 0.05) is 11.2 Å². The van der Waals surface area contributed by atoms with Crippen LogP contribution in [0.25, 0.3) is 0 Å². The number of hydrogen-bond donors (Lipinski definition) is 1. The van der Waals surface area contributed by atoms with Crippen LogP contribution in [0.15, 0.2) is 50.8 Å². The second-order valence-electron chi connectivity index (χ2n) is 4.14. The van der Waals surface area contributed by atoms with Gasteiger partial charge in [0.05, 0.1) is 16.2 Å². The number of hydrogen-bond acceptors (Lipinski definition) is 5. The molecule has 0 spiro atoms. The molecule has 0 saturated heterocycles. The fraction of sp³-hybridized carbons (Fsp3) is 0.154. The topological polar surface area (TPSA) is 84.6 Å². The number of thioether (sulfide) groups is 1. The molecule has 7 heteroatoms. The second kappa shape index (κ2) is 5.72. The highest BCUT2D eigenvalue weighted by molar-refractivity contribution is 7.98. The Morgan fingerprint density at radius 1 is 1.30 bits per heavy atom. The molecule has 1 N–H and O–H groups in total. The van der Waals surface area contributed by atoms with Crippen molar-refractivity contribution in [3.63, 3.8) is 0 Å². The van der Waals surface area contributed by atoms with E-state index in [0.29, 0.717) is 11.5 Å². The smallest absolute Gasteiger partial charge is 0.338 e. The van der Waals surface area contributed by atoms with E-state index in [9.17, 15) is 13.2 Å². The van der Waals surface area contributed by atoms with E-state index in [4.69, 9.17) is 9.52 Å². The zero-order valence-electron chi connectivity index (χ0n) is 10.6. The van der Waals surface area contributed by atoms with E-state index in [1.807, 2.05) is 0 Å². The first-order chi connectivity index (χ1) is 9.36. The summed E-state index contributed by atoms with van der Waals surface area (Å²) in [5.41, 5.74) is 0.119. The van der Waals surface area contributed by atoms with Crippen LogP contribution >= 0.6 is 11.8 Å². The average Bonchev–Trinajstić information content (AvgIpc) is 2.85. The summed E-state index contributed by atoms with van der Waals surface area (Å²) in [6, 6.07) is 7.98. The number of sulfone groups is 1. The lowest BCUT2D eigenvalue weighted by atomic mass is 10.3. The van der Waals surface area contributed by atoms with Crippen LogP contribution in [0.1, 0.15) is 16.1 Å². The molecule has 0 saturated carbocycles. The quantitative estimate of drug-likeness (QED) is 0.854. The number of benzene rings is 1. The normalized spacial score (nSPS) is 11.4. The van der Waals surface area contributed by atoms with Gasteiger partial charge in [0.25, 0.3) is 0 Å². The molecule has 1 aromatic heterocycles. The molecule has 1 aromatic carbocycles. The van der Waals surface area contributed by atoms with E-state index in [-0.39, 0.29) is 10.5 Å². The van der Waals surface area contributed by atoms with Crippen LogP contribution in [0.5, 0.6) is 0 Å². The Morgan fingerprint density at radius 3 is 2.45 bits per heavy atom. The maximum Gasteiger partial charge on any atom is 0.338 e. The maximum absolute atomic E-state index is 11.3. The predicted octanol–water partition coefficient (Wildman–Crippen LogP) is 2.67. The molecule has 0 amide bonds. The monoisotopic (exact) mass is 312 g/mol. The highest BCUT2D eigenvalue weighted by atomic mass is 32.2. The van der Waals surface area contributed by atoms with Crippen molar-refractivity contribution >= 4 is 27.6 Å². The molecular formula is C13H12O5S2. The first-order valence-corrected chi connectivity index (χ1v) is 8.47. The summed E-state index contributed by atoms with van der Waals surface area (Å²) >= 11 is 1.44. The molecule has 0 aliphatic rings. The van der Waals surface area contributed by atoms with Crippen molar-refractivity contribution in [2.45, 2.75) is 15.5 Å². The summed E-state index contributed by atoms with van der Waals surface area (Å²) < 4.78 is 27.8. The van der Waals surface area contributed by atoms with Crippen molar-refractivity contribution in [1.82, 2.24) is 0 Å². The lowest BCUT2D eigenvalue weighted by Crippen LogP contribution is -1.95. The minimum atomic E-state index is -3.19. The Morgan fingerprint density at radius 2 is 1.95 bits per heavy atom. The minimum absolute atomic E-state index is 0.119. The van der Waals surface area contributed by atoms with E-state index >= 15 is 0 Å². The highest BCUT2D eigenvalue weighted by Crippen LogP contribution is 2.25. The third-order valence-electron chi connectivity index (χ3n) is 2.53. The summed E-state index contributed by atoms with van der Waals surface area (Å²) in [6.45, 7) is 0. The molecule has 0 radical (unpaired) electrons. The van der Waals surface area contributed by atoms with Crippen LogP contribution in [-0.4, -0.2) is 25.7 Å². The third kappa shape index (κ3) is 3.64. The van der Waals surface area contributed by atoms with Gasteiger partial charge in [0.2, 0.25) is 0 Å². The molecule has 106 valence electrons. The van der Waals surface area contributed by atoms with Crippen molar-refractivity contribution in [2.75, 3.05) is 6.26 Å². The van der Waals surface area contributed by atoms with Crippen molar-refractivity contribution in [3.05, 3.63) is 47.9 Å². The molecule has 2 aromatic rings. The van der Waals surface area contributed by atoms with Crippen LogP contribution in [0.2, 0.25) is 0 Å². The molecule has 0 bridgehead atoms. The Kier molecular flexibility index (Phi) is 4.20. The van der Waals surface area contributed by atoms with Gasteiger partial charge in [-0.05, 0) is 30.3 Å². The van der Waals surface area contributed by atoms with Gasteiger partial charge in [-0.15, -0.1) is 11.8 Å². The van der Waals surface area contributed by atoms with Crippen LogP contribution in [-0.2, 0) is 15.6 Å². The Bertz CT molecular complexity index is 713. The number of carbonyl (C=O) groups is 1. The zero-order chi connectivity index (χ0) is 14.8. The van der Waals surface area contributed by atoms with Gasteiger partial charge in [0.15, 0.2) is 9.84 Å². The van der Waals surface area contributed by atoms with Crippen molar-refractivity contribution in [1.29, 1.82) is 0 Å². The van der Waals surface area contributed by atoms with Crippen LogP contribution in [0, 0.1) is 0 Å². The van der Waals surface area contributed by atoms with Crippen molar-refractivity contribution < 1.29 is 22.7 Å². The fourth-order valence-corrected chi connectivity index (χ4v) is 2.93. The lowest BCUT2D eigenvalue weighted by molar-refractivity contribution is 0.0696. The summed E-state index contributed by atoms with van der Waals surface area (Å²) in [6.07, 6.45) is 2.36. The predicted molar refractivity (Wildman–Crippen MR) is 74.8 cm³/mol. The van der Waals surface area contributed by atoms with Crippen LogP contribution < -0.4 is 0 Å². The Hall–Kier alpha value is -1.73. The number of furan rings is 1. The molecule has 5 nitrogen and oxygen atoms in total. The number of aromatic carboxylic acids is 1. The molecular weight excluding hydrogens is 300 g/mol. The van der Waals surface area contributed by atoms with Gasteiger partial charge in [-0.1, -0.05) is 0 Å². The first-order valence-electron chi connectivity index (χ1n) is 5.60. The van der Waals surface area contributed by atoms with Gasteiger partial charge in [-0.3, -0.25) is 0 Å². The van der Waals surface area contributed by atoms with E-state index in [2.05, 4.69) is 0 Å². The second-order valence-corrected chi connectivity index (χ2v) is 7.20. The standard InChI is InChI=1S/C13H12O5S2/c1-20(16,17)12-4-2-11(3-5-12)19-8-10-6-9(7-18-10)13(14)15/h2-7H,8H2,1H3,(H,14,15). The van der Waals surface area contributed by atoms with Crippen LogP contribution in [0.3, 0.4) is 0 Å². The molecule has 0 fully saturated rings. The van der Waals surface area contributed by atoms with Gasteiger partial charge >= 0.3 is 5.97 Å². The van der Waals surface area contributed by atoms with E-state index in [1.54, 1.807) is 24.3 Å². The number of rotatable bonds is 5. The zero-order valence-corrected chi connectivity index (χ0v) is 12.2. The molecule has 0 aliphatic heterocycles. The summed E-state index contributed by atoms with van der Waals surface area (Å²) in [7, 11) is -3.19. The molecule has 20 heavy (non-hydrogen) atoms. The fourth-order valence-electron chi connectivity index (χ4n) is 1.51. The van der Waals surface area contributed by atoms with E-state index < -0.39 is 15.8 Å². The van der Waals surface area contributed by atoms with Gasteiger partial charge < -0.3 is 9.52 Å². The Balaban J connectivity index is 2.02. The molecule has 2 rings (SSSR count). The average molecular weight is 312 g/mol. The minimum Gasteiger partial charge on any atom is -0.478 e. The summed E-state index contributed by atoms with van der Waals surface area (Å²) in [4.78, 5) is 11.8. The summed E-state index contributed by atoms with van der Waals surface area (Å²) in [5, 5.41) is 8.77. The molecule has 0 aliphatic carbocycles. The molecule has 0 atom stereocenters. The number of carboxylic acid groups (broad SMARTS) is 1. The first kappa shape index (κ1) is 14.7. The Labute approximate surface area is 120 Å². The lowest BCUT2D eigenvalue weighted by Gasteiger charge is -2.01. The highest BCUT2D eigenvalue weighted by Gasteiger charge is 2.09. The number of carboxylic acids is 1. The van der Waals surface area contributed by atoms with Gasteiger partial charge in [-0.25, -0.2) is 13.2 Å². The SMILES string of the molecule is CS(=O)(=O)c1ccc(SCc2cc(C(=O)O)co2)cc1.